The first kappa shape index (κ1) is 23.4. The molecule has 31 heavy (non-hydrogen) atoms. The maximum absolute atomic E-state index is 12.3. The van der Waals surface area contributed by atoms with Crippen LogP contribution in [0.3, 0.4) is 0 Å². The Morgan fingerprint density at radius 1 is 1.10 bits per heavy atom. The number of rotatable bonds is 9. The van der Waals surface area contributed by atoms with Gasteiger partial charge in [-0.3, -0.25) is 4.79 Å². The molecule has 0 atom stereocenters. The highest BCUT2D eigenvalue weighted by Crippen LogP contribution is 2.19. The number of amides is 1. The lowest BCUT2D eigenvalue weighted by Crippen LogP contribution is -2.34. The number of carbonyl (C=O) groups is 1. The molecule has 2 aromatic carbocycles. The summed E-state index contributed by atoms with van der Waals surface area (Å²) in [5, 5.41) is 5.00. The number of ether oxygens (including phenoxy) is 1. The van der Waals surface area contributed by atoms with E-state index in [0.29, 0.717) is 5.01 Å². The van der Waals surface area contributed by atoms with Crippen LogP contribution in [0, 0.1) is 13.8 Å². The van der Waals surface area contributed by atoms with Gasteiger partial charge in [0.1, 0.15) is 23.1 Å². The zero-order valence-electron chi connectivity index (χ0n) is 17.0. The highest BCUT2D eigenvalue weighted by molar-refractivity contribution is 9.10. The van der Waals surface area contributed by atoms with Crippen LogP contribution in [0.4, 0.5) is 0 Å². The molecule has 0 aliphatic heterocycles. The van der Waals surface area contributed by atoms with Crippen LogP contribution in [0.15, 0.2) is 57.2 Å². The van der Waals surface area contributed by atoms with E-state index in [0.717, 1.165) is 21.3 Å². The largest absolute Gasteiger partial charge is 0.486 e. The van der Waals surface area contributed by atoms with Crippen molar-refractivity contribution in [2.75, 3.05) is 13.1 Å². The zero-order chi connectivity index (χ0) is 22.4. The summed E-state index contributed by atoms with van der Waals surface area (Å²) in [5.41, 5.74) is 2.51. The van der Waals surface area contributed by atoms with Gasteiger partial charge >= 0.3 is 0 Å². The number of hydrogen-bond donors (Lipinski definition) is 2. The fraction of sp³-hybridized carbons (Fsp3) is 0.238. The molecule has 3 aromatic rings. The van der Waals surface area contributed by atoms with Gasteiger partial charge < -0.3 is 10.1 Å². The fourth-order valence-electron chi connectivity index (χ4n) is 2.79. The van der Waals surface area contributed by atoms with Gasteiger partial charge in [-0.15, -0.1) is 11.3 Å². The molecule has 0 saturated carbocycles. The Labute approximate surface area is 194 Å². The monoisotopic (exact) mass is 523 g/mol. The van der Waals surface area contributed by atoms with E-state index in [4.69, 9.17) is 4.74 Å². The summed E-state index contributed by atoms with van der Waals surface area (Å²) in [4.78, 5) is 16.7. The van der Waals surface area contributed by atoms with E-state index < -0.39 is 10.0 Å². The number of sulfonamides is 1. The second-order valence-corrected chi connectivity index (χ2v) is 10.5. The standard InChI is InChI=1S/C21H22BrN3O4S2/c1-14-9-15(2)11-17(10-14)29-12-20-25-19(13-30-20)21(26)23-7-8-24-31(27,28)18-5-3-16(22)4-6-18/h3-6,9-11,13,24H,7-8,12H2,1-2H3,(H,23,26). The molecular formula is C21H22BrN3O4S2. The summed E-state index contributed by atoms with van der Waals surface area (Å²) < 4.78 is 33.5. The minimum absolute atomic E-state index is 0.0664. The average Bonchev–Trinajstić information content (AvgIpc) is 3.18. The molecule has 1 amide bonds. The van der Waals surface area contributed by atoms with Crippen molar-refractivity contribution in [3.8, 4) is 5.75 Å². The highest BCUT2D eigenvalue weighted by atomic mass is 79.9. The number of halogens is 1. The minimum Gasteiger partial charge on any atom is -0.486 e. The molecule has 7 nitrogen and oxygen atoms in total. The van der Waals surface area contributed by atoms with E-state index in [1.807, 2.05) is 26.0 Å². The third-order valence-electron chi connectivity index (χ3n) is 4.17. The van der Waals surface area contributed by atoms with Crippen LogP contribution in [0.1, 0.15) is 26.6 Å². The molecule has 10 heteroatoms. The van der Waals surface area contributed by atoms with E-state index in [1.54, 1.807) is 17.5 Å². The number of aromatic nitrogens is 1. The van der Waals surface area contributed by atoms with Crippen molar-refractivity contribution in [3.63, 3.8) is 0 Å². The molecule has 1 heterocycles. The number of benzene rings is 2. The average molecular weight is 524 g/mol. The number of nitrogens with zero attached hydrogens (tertiary/aromatic N) is 1. The van der Waals surface area contributed by atoms with Gasteiger partial charge in [0.25, 0.3) is 5.91 Å². The minimum atomic E-state index is -3.63. The number of hydrogen-bond acceptors (Lipinski definition) is 6. The first-order chi connectivity index (χ1) is 14.7. The summed E-state index contributed by atoms with van der Waals surface area (Å²) in [6.45, 7) is 4.49. The normalized spacial score (nSPS) is 11.3. The smallest absolute Gasteiger partial charge is 0.270 e. The molecule has 0 unspecified atom stereocenters. The van der Waals surface area contributed by atoms with Crippen LogP contribution in [-0.2, 0) is 16.6 Å². The number of thiazole rings is 1. The van der Waals surface area contributed by atoms with Crippen molar-refractivity contribution in [1.29, 1.82) is 0 Å². The van der Waals surface area contributed by atoms with E-state index in [2.05, 4.69) is 37.0 Å². The third kappa shape index (κ3) is 6.86. The van der Waals surface area contributed by atoms with E-state index in [-0.39, 0.29) is 36.2 Å². The van der Waals surface area contributed by atoms with Gasteiger partial charge in [-0.2, -0.15) is 0 Å². The Balaban J connectivity index is 1.46. The van der Waals surface area contributed by atoms with Crippen molar-refractivity contribution in [2.45, 2.75) is 25.3 Å². The number of carbonyl (C=O) groups excluding carboxylic acids is 1. The van der Waals surface area contributed by atoms with Crippen molar-refractivity contribution < 1.29 is 17.9 Å². The number of aryl methyl sites for hydroxylation is 2. The molecular weight excluding hydrogens is 502 g/mol. The summed E-state index contributed by atoms with van der Waals surface area (Å²) in [6, 6.07) is 12.3. The Morgan fingerprint density at radius 3 is 2.45 bits per heavy atom. The summed E-state index contributed by atoms with van der Waals surface area (Å²) in [5.74, 6) is 0.397. The van der Waals surface area contributed by atoms with Crippen LogP contribution in [0.2, 0.25) is 0 Å². The molecule has 0 spiro atoms. The SMILES string of the molecule is Cc1cc(C)cc(OCc2nc(C(=O)NCCNS(=O)(=O)c3ccc(Br)cc3)cs2)c1. The first-order valence-corrected chi connectivity index (χ1v) is 12.6. The summed E-state index contributed by atoms with van der Waals surface area (Å²) >= 11 is 4.60. The van der Waals surface area contributed by atoms with Crippen molar-refractivity contribution in [3.05, 3.63) is 74.1 Å². The molecule has 3 rings (SSSR count). The summed E-state index contributed by atoms with van der Waals surface area (Å²) in [6.07, 6.45) is 0. The molecule has 0 radical (unpaired) electrons. The zero-order valence-corrected chi connectivity index (χ0v) is 20.2. The van der Waals surface area contributed by atoms with Gasteiger partial charge in [-0.05, 0) is 61.4 Å². The third-order valence-corrected chi connectivity index (χ3v) is 7.00. The Kier molecular flexibility index (Phi) is 7.82. The molecule has 0 aliphatic rings. The highest BCUT2D eigenvalue weighted by Gasteiger charge is 2.14. The predicted octanol–water partition coefficient (Wildman–Crippen LogP) is 3.81. The van der Waals surface area contributed by atoms with Crippen LogP contribution in [-0.4, -0.2) is 32.4 Å². The van der Waals surface area contributed by atoms with Gasteiger partial charge in [0.05, 0.1) is 4.90 Å². The Bertz CT molecular complexity index is 1140. The van der Waals surface area contributed by atoms with Crippen molar-refractivity contribution >= 4 is 43.2 Å². The predicted molar refractivity (Wildman–Crippen MR) is 124 cm³/mol. The van der Waals surface area contributed by atoms with Crippen LogP contribution >= 0.6 is 27.3 Å². The van der Waals surface area contributed by atoms with Gasteiger partial charge in [0, 0.05) is 22.9 Å². The topological polar surface area (TPSA) is 97.4 Å². The van der Waals surface area contributed by atoms with Gasteiger partial charge in [-0.25, -0.2) is 18.1 Å². The van der Waals surface area contributed by atoms with Crippen LogP contribution in [0.25, 0.3) is 0 Å². The Hall–Kier alpha value is -2.27. The molecule has 0 bridgehead atoms. The Morgan fingerprint density at radius 2 is 1.77 bits per heavy atom. The lowest BCUT2D eigenvalue weighted by molar-refractivity contribution is 0.0949. The van der Waals surface area contributed by atoms with E-state index in [1.165, 1.54) is 23.5 Å². The lowest BCUT2D eigenvalue weighted by atomic mass is 10.1. The molecule has 0 aliphatic carbocycles. The van der Waals surface area contributed by atoms with Gasteiger partial charge in [0.15, 0.2) is 0 Å². The van der Waals surface area contributed by atoms with E-state index in [9.17, 15) is 13.2 Å². The molecule has 164 valence electrons. The lowest BCUT2D eigenvalue weighted by Gasteiger charge is -2.08. The summed E-state index contributed by atoms with van der Waals surface area (Å²) in [7, 11) is -3.63. The number of nitrogens with one attached hydrogen (secondary N) is 2. The van der Waals surface area contributed by atoms with Crippen molar-refractivity contribution in [1.82, 2.24) is 15.0 Å². The maximum Gasteiger partial charge on any atom is 0.270 e. The fourth-order valence-corrected chi connectivity index (χ4v) is 4.77. The van der Waals surface area contributed by atoms with Gasteiger partial charge in [-0.1, -0.05) is 22.0 Å². The van der Waals surface area contributed by atoms with Crippen LogP contribution < -0.4 is 14.8 Å². The second kappa shape index (κ2) is 10.4. The molecule has 0 saturated heterocycles. The quantitative estimate of drug-likeness (QED) is 0.415. The van der Waals surface area contributed by atoms with Gasteiger partial charge in [0.2, 0.25) is 10.0 Å². The first-order valence-electron chi connectivity index (χ1n) is 9.42. The molecule has 1 aromatic heterocycles. The van der Waals surface area contributed by atoms with E-state index >= 15 is 0 Å². The molecule has 0 fully saturated rings. The maximum atomic E-state index is 12.3. The van der Waals surface area contributed by atoms with Crippen LogP contribution in [0.5, 0.6) is 5.75 Å². The second-order valence-electron chi connectivity index (χ2n) is 6.85. The van der Waals surface area contributed by atoms with Crippen molar-refractivity contribution in [2.24, 2.45) is 0 Å². The molecule has 2 N–H and O–H groups in total.